The summed E-state index contributed by atoms with van der Waals surface area (Å²) in [5.74, 6) is 5.32. The zero-order valence-electron chi connectivity index (χ0n) is 7.09. The third-order valence-corrected chi connectivity index (χ3v) is 1.93. The molecule has 1 aliphatic rings. The minimum Gasteiger partial charge on any atom is -0.375 e. The zero-order valence-corrected chi connectivity index (χ0v) is 7.91. The molecule has 1 aliphatic heterocycles. The van der Waals surface area contributed by atoms with Crippen LogP contribution < -0.4 is 11.3 Å². The average Bonchev–Trinajstić information content (AvgIpc) is 1.86. The quantitative estimate of drug-likeness (QED) is 0.464. The van der Waals surface area contributed by atoms with E-state index in [1.807, 2.05) is 0 Å². The lowest BCUT2D eigenvalue weighted by Gasteiger charge is -2.34. The Hall–Kier alpha value is 0.170. The highest BCUT2D eigenvalue weighted by Crippen LogP contribution is 2.23. The monoisotopic (exact) mass is 180 g/mol. The number of hydrogen-bond donors (Lipinski definition) is 2. The van der Waals surface area contributed by atoms with Crippen molar-refractivity contribution in [3.05, 3.63) is 0 Å². The van der Waals surface area contributed by atoms with Crippen LogP contribution in [0.4, 0.5) is 0 Å². The lowest BCUT2D eigenvalue weighted by atomic mass is 9.94. The average molecular weight is 181 g/mol. The molecule has 0 aliphatic carbocycles. The van der Waals surface area contributed by atoms with Crippen LogP contribution in [0.25, 0.3) is 0 Å². The summed E-state index contributed by atoms with van der Waals surface area (Å²) in [6.45, 7) is 5.01. The largest absolute Gasteiger partial charge is 0.375 e. The Labute approximate surface area is 74.0 Å². The summed E-state index contributed by atoms with van der Waals surface area (Å²) < 4.78 is 5.50. The first kappa shape index (κ1) is 11.2. The fourth-order valence-electron chi connectivity index (χ4n) is 1.37. The number of ether oxygens (including phenoxy) is 1. The molecule has 0 aromatic rings. The van der Waals surface area contributed by atoms with Crippen LogP contribution >= 0.6 is 12.4 Å². The van der Waals surface area contributed by atoms with E-state index in [1.54, 1.807) is 0 Å². The van der Waals surface area contributed by atoms with Crippen molar-refractivity contribution in [2.45, 2.75) is 38.3 Å². The fraction of sp³-hybridized carbons (Fsp3) is 1.00. The van der Waals surface area contributed by atoms with Gasteiger partial charge in [0, 0.05) is 12.6 Å². The van der Waals surface area contributed by atoms with Crippen LogP contribution in [0.1, 0.15) is 26.7 Å². The Bertz CT molecular complexity index is 119. The van der Waals surface area contributed by atoms with Crippen molar-refractivity contribution in [1.82, 2.24) is 5.43 Å². The molecule has 4 heteroatoms. The van der Waals surface area contributed by atoms with Crippen LogP contribution in [-0.4, -0.2) is 18.2 Å². The van der Waals surface area contributed by atoms with Crippen LogP contribution in [-0.2, 0) is 4.74 Å². The highest BCUT2D eigenvalue weighted by molar-refractivity contribution is 5.85. The smallest absolute Gasteiger partial charge is 0.0641 e. The number of hydrogen-bond acceptors (Lipinski definition) is 3. The Morgan fingerprint density at radius 3 is 2.55 bits per heavy atom. The molecule has 0 radical (unpaired) electrons. The van der Waals surface area contributed by atoms with Gasteiger partial charge in [-0.1, -0.05) is 0 Å². The topological polar surface area (TPSA) is 47.3 Å². The van der Waals surface area contributed by atoms with E-state index in [4.69, 9.17) is 10.6 Å². The van der Waals surface area contributed by atoms with Crippen LogP contribution in [0.3, 0.4) is 0 Å². The Kier molecular flexibility index (Phi) is 4.32. The number of nitrogens with two attached hydrogens (primary N) is 1. The van der Waals surface area contributed by atoms with Crippen LogP contribution in [0, 0.1) is 0 Å². The molecule has 1 unspecified atom stereocenters. The maximum atomic E-state index is 5.50. The summed E-state index contributed by atoms with van der Waals surface area (Å²) in [5, 5.41) is 0. The van der Waals surface area contributed by atoms with Crippen LogP contribution in [0.5, 0.6) is 0 Å². The first-order valence-corrected chi connectivity index (χ1v) is 3.74. The summed E-state index contributed by atoms with van der Waals surface area (Å²) >= 11 is 0. The highest BCUT2D eigenvalue weighted by atomic mass is 35.5. The summed E-state index contributed by atoms with van der Waals surface area (Å²) in [7, 11) is 0. The van der Waals surface area contributed by atoms with Crippen LogP contribution in [0.15, 0.2) is 0 Å². The van der Waals surface area contributed by atoms with E-state index in [9.17, 15) is 0 Å². The molecule has 0 spiro atoms. The van der Waals surface area contributed by atoms with Crippen molar-refractivity contribution in [1.29, 1.82) is 0 Å². The number of halogens is 1. The predicted molar refractivity (Wildman–Crippen MR) is 47.6 cm³/mol. The number of hydrazine groups is 1. The van der Waals surface area contributed by atoms with E-state index in [0.29, 0.717) is 6.04 Å². The Morgan fingerprint density at radius 1 is 1.55 bits per heavy atom. The predicted octanol–water partition coefficient (Wildman–Crippen LogP) is 0.829. The molecule has 0 saturated carbocycles. The molecular weight excluding hydrogens is 164 g/mol. The zero-order chi connectivity index (χ0) is 7.61. The third kappa shape index (κ3) is 3.38. The molecule has 0 aromatic carbocycles. The van der Waals surface area contributed by atoms with Gasteiger partial charge in [-0.05, 0) is 26.7 Å². The van der Waals surface area contributed by atoms with E-state index in [-0.39, 0.29) is 18.0 Å². The summed E-state index contributed by atoms with van der Waals surface area (Å²) in [4.78, 5) is 0. The van der Waals surface area contributed by atoms with E-state index >= 15 is 0 Å². The van der Waals surface area contributed by atoms with E-state index in [2.05, 4.69) is 19.3 Å². The van der Waals surface area contributed by atoms with Gasteiger partial charge < -0.3 is 4.74 Å². The highest BCUT2D eigenvalue weighted by Gasteiger charge is 2.27. The van der Waals surface area contributed by atoms with Crippen molar-refractivity contribution in [2.75, 3.05) is 6.61 Å². The van der Waals surface area contributed by atoms with Gasteiger partial charge in [0.15, 0.2) is 0 Å². The Balaban J connectivity index is 0.000001000. The van der Waals surface area contributed by atoms with Gasteiger partial charge in [0.1, 0.15) is 0 Å². The molecule has 0 bridgehead atoms. The van der Waals surface area contributed by atoms with Gasteiger partial charge in [0.05, 0.1) is 5.60 Å². The second-order valence-corrected chi connectivity index (χ2v) is 3.46. The van der Waals surface area contributed by atoms with Gasteiger partial charge in [-0.15, -0.1) is 12.4 Å². The van der Waals surface area contributed by atoms with E-state index in [0.717, 1.165) is 19.4 Å². The first-order valence-electron chi connectivity index (χ1n) is 3.74. The van der Waals surface area contributed by atoms with Crippen molar-refractivity contribution in [2.24, 2.45) is 5.84 Å². The number of rotatable bonds is 1. The van der Waals surface area contributed by atoms with Gasteiger partial charge in [-0.2, -0.15) is 0 Å². The molecule has 1 heterocycles. The van der Waals surface area contributed by atoms with Gasteiger partial charge >= 0.3 is 0 Å². The van der Waals surface area contributed by atoms with Gasteiger partial charge in [0.25, 0.3) is 0 Å². The van der Waals surface area contributed by atoms with Crippen molar-refractivity contribution in [3.63, 3.8) is 0 Å². The second-order valence-electron chi connectivity index (χ2n) is 3.46. The first-order chi connectivity index (χ1) is 4.64. The molecular formula is C7H17ClN2O. The van der Waals surface area contributed by atoms with Gasteiger partial charge in [0.2, 0.25) is 0 Å². The molecule has 68 valence electrons. The molecule has 0 aromatic heterocycles. The maximum Gasteiger partial charge on any atom is 0.0641 e. The molecule has 3 nitrogen and oxygen atoms in total. The Morgan fingerprint density at radius 2 is 2.18 bits per heavy atom. The van der Waals surface area contributed by atoms with Crippen molar-refractivity contribution < 1.29 is 4.74 Å². The standard InChI is InChI=1S/C7H16N2O.ClH/c1-7(2)5-6(9-8)3-4-10-7;/h6,9H,3-5,8H2,1-2H3;1H. The van der Waals surface area contributed by atoms with Crippen molar-refractivity contribution in [3.8, 4) is 0 Å². The maximum absolute atomic E-state index is 5.50. The number of nitrogens with one attached hydrogen (secondary N) is 1. The third-order valence-electron chi connectivity index (χ3n) is 1.93. The minimum atomic E-state index is 0. The molecule has 1 saturated heterocycles. The minimum absolute atomic E-state index is 0. The SMILES string of the molecule is CC1(C)CC(NN)CCO1.Cl. The van der Waals surface area contributed by atoms with E-state index < -0.39 is 0 Å². The summed E-state index contributed by atoms with van der Waals surface area (Å²) in [6, 6.07) is 0.434. The molecule has 1 rings (SSSR count). The second kappa shape index (κ2) is 4.26. The molecule has 1 fully saturated rings. The normalized spacial score (nSPS) is 29.2. The van der Waals surface area contributed by atoms with E-state index in [1.165, 1.54) is 0 Å². The fourth-order valence-corrected chi connectivity index (χ4v) is 1.37. The van der Waals surface area contributed by atoms with Crippen LogP contribution in [0.2, 0.25) is 0 Å². The van der Waals surface area contributed by atoms with Gasteiger partial charge in [-0.25, -0.2) is 0 Å². The molecule has 3 N–H and O–H groups in total. The lowest BCUT2D eigenvalue weighted by molar-refractivity contribution is -0.0628. The summed E-state index contributed by atoms with van der Waals surface area (Å²) in [6.07, 6.45) is 2.03. The lowest BCUT2D eigenvalue weighted by Crippen LogP contribution is -2.46. The van der Waals surface area contributed by atoms with Gasteiger partial charge in [-0.3, -0.25) is 11.3 Å². The molecule has 0 amide bonds. The van der Waals surface area contributed by atoms with Crippen molar-refractivity contribution >= 4 is 12.4 Å². The molecule has 11 heavy (non-hydrogen) atoms. The summed E-state index contributed by atoms with van der Waals surface area (Å²) in [5.41, 5.74) is 2.79. The molecule has 1 atom stereocenters.